The second kappa shape index (κ2) is 8.00. The van der Waals surface area contributed by atoms with E-state index in [9.17, 15) is 9.18 Å². The molecule has 4 heteroatoms. The van der Waals surface area contributed by atoms with E-state index in [1.165, 1.54) is 6.07 Å². The number of carbonyl (C=O) groups is 1. The standard InChI is InChI=1S/C16H25FN2O/c1-11(2)8-13(10-18)19-16(20)9-12(3)14-6-4-5-7-15(14)17/h4-7,11-13H,8-10,18H2,1-3H3,(H,19,20). The Labute approximate surface area is 120 Å². The lowest BCUT2D eigenvalue weighted by molar-refractivity contribution is -0.122. The average Bonchev–Trinajstić information content (AvgIpc) is 2.37. The van der Waals surface area contributed by atoms with Crippen molar-refractivity contribution in [2.75, 3.05) is 6.54 Å². The quantitative estimate of drug-likeness (QED) is 0.807. The molecular formula is C16H25FN2O. The lowest BCUT2D eigenvalue weighted by Crippen LogP contribution is -2.41. The van der Waals surface area contributed by atoms with E-state index in [0.29, 0.717) is 18.0 Å². The van der Waals surface area contributed by atoms with Gasteiger partial charge in [-0.1, -0.05) is 39.0 Å². The van der Waals surface area contributed by atoms with Crippen molar-refractivity contribution < 1.29 is 9.18 Å². The van der Waals surface area contributed by atoms with Crippen LogP contribution in [0, 0.1) is 11.7 Å². The molecule has 20 heavy (non-hydrogen) atoms. The summed E-state index contributed by atoms with van der Waals surface area (Å²) in [5.41, 5.74) is 6.24. The van der Waals surface area contributed by atoms with Gasteiger partial charge in [0.1, 0.15) is 5.82 Å². The van der Waals surface area contributed by atoms with Crippen LogP contribution in [0.1, 0.15) is 45.1 Å². The monoisotopic (exact) mass is 280 g/mol. The van der Waals surface area contributed by atoms with Gasteiger partial charge >= 0.3 is 0 Å². The van der Waals surface area contributed by atoms with Gasteiger partial charge in [0, 0.05) is 19.0 Å². The van der Waals surface area contributed by atoms with Crippen LogP contribution in [0.4, 0.5) is 4.39 Å². The third-order valence-electron chi connectivity index (χ3n) is 3.33. The van der Waals surface area contributed by atoms with Crippen molar-refractivity contribution in [1.82, 2.24) is 5.32 Å². The number of nitrogens with one attached hydrogen (secondary N) is 1. The van der Waals surface area contributed by atoms with E-state index < -0.39 is 0 Å². The number of nitrogens with two attached hydrogens (primary N) is 1. The lowest BCUT2D eigenvalue weighted by Gasteiger charge is -2.20. The summed E-state index contributed by atoms with van der Waals surface area (Å²) in [5, 5.41) is 2.93. The molecule has 0 aliphatic rings. The van der Waals surface area contributed by atoms with Gasteiger partial charge in [0.05, 0.1) is 0 Å². The zero-order valence-corrected chi connectivity index (χ0v) is 12.5. The normalized spacial score (nSPS) is 14.1. The summed E-state index contributed by atoms with van der Waals surface area (Å²) in [6.45, 7) is 6.48. The molecular weight excluding hydrogens is 255 g/mol. The molecule has 0 spiro atoms. The van der Waals surface area contributed by atoms with Crippen LogP contribution < -0.4 is 11.1 Å². The number of halogens is 1. The minimum Gasteiger partial charge on any atom is -0.352 e. The van der Waals surface area contributed by atoms with E-state index >= 15 is 0 Å². The summed E-state index contributed by atoms with van der Waals surface area (Å²) < 4.78 is 13.6. The minimum atomic E-state index is -0.259. The molecule has 0 aliphatic carbocycles. The van der Waals surface area contributed by atoms with E-state index in [1.807, 2.05) is 6.92 Å². The van der Waals surface area contributed by atoms with Gasteiger partial charge in [0.2, 0.25) is 5.91 Å². The molecule has 112 valence electrons. The third kappa shape index (κ3) is 5.29. The maximum atomic E-state index is 13.6. The van der Waals surface area contributed by atoms with Crippen LogP contribution in [0.15, 0.2) is 24.3 Å². The maximum Gasteiger partial charge on any atom is 0.220 e. The van der Waals surface area contributed by atoms with E-state index in [2.05, 4.69) is 19.2 Å². The predicted octanol–water partition coefficient (Wildman–Crippen LogP) is 2.81. The van der Waals surface area contributed by atoms with Crippen LogP contribution in [-0.2, 0) is 4.79 Å². The van der Waals surface area contributed by atoms with Crippen LogP contribution in [0.5, 0.6) is 0 Å². The van der Waals surface area contributed by atoms with Gasteiger partial charge in [-0.3, -0.25) is 4.79 Å². The van der Waals surface area contributed by atoms with Crippen molar-refractivity contribution in [1.29, 1.82) is 0 Å². The first kappa shape index (κ1) is 16.6. The van der Waals surface area contributed by atoms with Crippen LogP contribution in [0.25, 0.3) is 0 Å². The number of amides is 1. The molecule has 0 fully saturated rings. The van der Waals surface area contributed by atoms with E-state index in [0.717, 1.165) is 6.42 Å². The van der Waals surface area contributed by atoms with Gasteiger partial charge in [-0.2, -0.15) is 0 Å². The van der Waals surface area contributed by atoms with E-state index in [-0.39, 0.29) is 30.1 Å². The van der Waals surface area contributed by atoms with Gasteiger partial charge in [-0.05, 0) is 29.9 Å². The van der Waals surface area contributed by atoms with Gasteiger partial charge in [0.25, 0.3) is 0 Å². The summed E-state index contributed by atoms with van der Waals surface area (Å²) in [6, 6.07) is 6.58. The predicted molar refractivity (Wildman–Crippen MR) is 79.9 cm³/mol. The molecule has 1 aromatic rings. The second-order valence-electron chi connectivity index (χ2n) is 5.76. The molecule has 0 bridgehead atoms. The molecule has 0 aromatic heterocycles. The van der Waals surface area contributed by atoms with Gasteiger partial charge in [-0.25, -0.2) is 4.39 Å². The van der Waals surface area contributed by atoms with Crippen LogP contribution in [-0.4, -0.2) is 18.5 Å². The van der Waals surface area contributed by atoms with Crippen LogP contribution in [0.2, 0.25) is 0 Å². The van der Waals surface area contributed by atoms with Crippen LogP contribution in [0.3, 0.4) is 0 Å². The molecule has 1 aromatic carbocycles. The highest BCUT2D eigenvalue weighted by atomic mass is 19.1. The Balaban J connectivity index is 2.55. The van der Waals surface area contributed by atoms with Crippen molar-refractivity contribution in [2.45, 2.75) is 45.6 Å². The van der Waals surface area contributed by atoms with Crippen LogP contribution >= 0.6 is 0 Å². The number of hydrogen-bond acceptors (Lipinski definition) is 2. The first-order chi connectivity index (χ1) is 9.43. The highest BCUT2D eigenvalue weighted by Crippen LogP contribution is 2.21. The molecule has 0 heterocycles. The molecule has 0 saturated heterocycles. The molecule has 2 unspecified atom stereocenters. The van der Waals surface area contributed by atoms with E-state index in [1.54, 1.807) is 18.2 Å². The van der Waals surface area contributed by atoms with Gasteiger partial charge in [0.15, 0.2) is 0 Å². The van der Waals surface area contributed by atoms with E-state index in [4.69, 9.17) is 5.73 Å². The summed E-state index contributed by atoms with van der Waals surface area (Å²) in [6.07, 6.45) is 1.13. The molecule has 3 nitrogen and oxygen atoms in total. The maximum absolute atomic E-state index is 13.6. The Kier molecular flexibility index (Phi) is 6.65. The first-order valence-corrected chi connectivity index (χ1v) is 7.17. The smallest absolute Gasteiger partial charge is 0.220 e. The first-order valence-electron chi connectivity index (χ1n) is 7.17. The Bertz CT molecular complexity index is 434. The number of rotatable bonds is 7. The van der Waals surface area contributed by atoms with Crippen molar-refractivity contribution in [3.05, 3.63) is 35.6 Å². The average molecular weight is 280 g/mol. The third-order valence-corrected chi connectivity index (χ3v) is 3.33. The van der Waals surface area contributed by atoms with Crippen molar-refractivity contribution in [3.63, 3.8) is 0 Å². The second-order valence-corrected chi connectivity index (χ2v) is 5.76. The summed E-state index contributed by atoms with van der Waals surface area (Å²) in [7, 11) is 0. The lowest BCUT2D eigenvalue weighted by atomic mass is 9.96. The fraction of sp³-hybridized carbons (Fsp3) is 0.562. The Hall–Kier alpha value is -1.42. The largest absolute Gasteiger partial charge is 0.352 e. The zero-order chi connectivity index (χ0) is 15.1. The molecule has 0 aliphatic heterocycles. The molecule has 0 saturated carbocycles. The topological polar surface area (TPSA) is 55.1 Å². The Morgan fingerprint density at radius 3 is 2.50 bits per heavy atom. The fourth-order valence-electron chi connectivity index (χ4n) is 2.33. The molecule has 2 atom stereocenters. The Morgan fingerprint density at radius 1 is 1.30 bits per heavy atom. The number of hydrogen-bond donors (Lipinski definition) is 2. The molecule has 1 rings (SSSR count). The Morgan fingerprint density at radius 2 is 1.95 bits per heavy atom. The number of benzene rings is 1. The molecule has 3 N–H and O–H groups in total. The van der Waals surface area contributed by atoms with Gasteiger partial charge in [-0.15, -0.1) is 0 Å². The molecule has 0 radical (unpaired) electrons. The fourth-order valence-corrected chi connectivity index (χ4v) is 2.33. The number of carbonyl (C=O) groups excluding carboxylic acids is 1. The summed E-state index contributed by atoms with van der Waals surface area (Å²) in [5.74, 6) is 0.00345. The van der Waals surface area contributed by atoms with Crippen molar-refractivity contribution in [3.8, 4) is 0 Å². The highest BCUT2D eigenvalue weighted by molar-refractivity contribution is 5.77. The molecule has 1 amide bonds. The summed E-state index contributed by atoms with van der Waals surface area (Å²) in [4.78, 5) is 12.0. The summed E-state index contributed by atoms with van der Waals surface area (Å²) >= 11 is 0. The highest BCUT2D eigenvalue weighted by Gasteiger charge is 2.17. The van der Waals surface area contributed by atoms with Crippen molar-refractivity contribution >= 4 is 5.91 Å². The van der Waals surface area contributed by atoms with Crippen molar-refractivity contribution in [2.24, 2.45) is 11.7 Å². The minimum absolute atomic E-state index is 0.00433. The van der Waals surface area contributed by atoms with Gasteiger partial charge < -0.3 is 11.1 Å². The zero-order valence-electron chi connectivity index (χ0n) is 12.5. The SMILES string of the molecule is CC(C)CC(CN)NC(=O)CC(C)c1ccccc1F.